The molecule has 2 aromatic heterocycles. The minimum atomic E-state index is -0.382. The van der Waals surface area contributed by atoms with E-state index in [9.17, 15) is 5.11 Å². The van der Waals surface area contributed by atoms with Gasteiger partial charge in [-0.3, -0.25) is 10.8 Å². The monoisotopic (exact) mass is 735 g/mol. The average Bonchev–Trinajstić information content (AvgIpc) is 4.04. The van der Waals surface area contributed by atoms with Crippen molar-refractivity contribution in [1.29, 1.82) is 10.8 Å². The topological polar surface area (TPSA) is 181 Å². The molecule has 0 bridgehead atoms. The van der Waals surface area contributed by atoms with E-state index in [2.05, 4.69) is 53.5 Å². The quantitative estimate of drug-likeness (QED) is 0.136. The van der Waals surface area contributed by atoms with Gasteiger partial charge in [0.25, 0.3) is 0 Å². The number of methoxy groups -OCH3 is 2. The third-order valence-electron chi connectivity index (χ3n) is 10.4. The number of benzene rings is 3. The first-order chi connectivity index (χ1) is 26.8. The first-order valence-corrected chi connectivity index (χ1v) is 18.2. The van der Waals surface area contributed by atoms with Gasteiger partial charge in [-0.25, -0.2) is 20.0 Å². The smallest absolute Gasteiger partial charge is 0.236 e. The lowest BCUT2D eigenvalue weighted by Crippen LogP contribution is -2.21. The van der Waals surface area contributed by atoms with Crippen molar-refractivity contribution in [1.82, 2.24) is 9.97 Å². The molecule has 5 N–H and O–H groups in total. The molecule has 0 unspecified atom stereocenters. The molecular weight excluding hydrogens is 695 g/mol. The molecule has 6 atom stereocenters. The Morgan fingerprint density at radius 3 is 1.51 bits per heavy atom. The Kier molecular flexibility index (Phi) is 9.92. The zero-order valence-electron chi connectivity index (χ0n) is 30.4. The van der Waals surface area contributed by atoms with Gasteiger partial charge in [0.1, 0.15) is 47.1 Å². The van der Waals surface area contributed by atoms with Crippen LogP contribution in [0.5, 0.6) is 0 Å². The summed E-state index contributed by atoms with van der Waals surface area (Å²) in [5.41, 5.74) is 15.5. The average molecular weight is 736 g/mol. The molecule has 278 valence electrons. The van der Waals surface area contributed by atoms with Crippen molar-refractivity contribution >= 4 is 23.6 Å². The fourth-order valence-electron chi connectivity index (χ4n) is 7.62. The van der Waals surface area contributed by atoms with Gasteiger partial charge in [0.15, 0.2) is 0 Å². The molecule has 2 aliphatic heterocycles. The largest absolute Gasteiger partial charge is 0.480 e. The van der Waals surface area contributed by atoms with E-state index < -0.39 is 0 Å². The van der Waals surface area contributed by atoms with Gasteiger partial charge < -0.3 is 29.8 Å². The minimum Gasteiger partial charge on any atom is -0.480 e. The predicted molar refractivity (Wildman–Crippen MR) is 208 cm³/mol. The van der Waals surface area contributed by atoms with Crippen LogP contribution in [0.4, 0.5) is 0 Å². The number of aromatic nitrogens is 2. The van der Waals surface area contributed by atoms with Crippen LogP contribution in [0.25, 0.3) is 0 Å². The second kappa shape index (κ2) is 15.2. The second-order valence-corrected chi connectivity index (χ2v) is 13.8. The lowest BCUT2D eigenvalue weighted by Gasteiger charge is -2.10. The zero-order valence-corrected chi connectivity index (χ0v) is 30.4. The van der Waals surface area contributed by atoms with Crippen LogP contribution in [0.2, 0.25) is 0 Å². The molecule has 0 fully saturated rings. The maximum Gasteiger partial charge on any atom is 0.236 e. The first-order valence-electron chi connectivity index (χ1n) is 18.2. The summed E-state index contributed by atoms with van der Waals surface area (Å²) in [7, 11) is 2.80. The third-order valence-corrected chi connectivity index (χ3v) is 10.4. The molecule has 0 amide bonds. The molecule has 0 radical (unpaired) electrons. The number of aliphatic imine (C=N–C) groups is 2. The van der Waals surface area contributed by atoms with Gasteiger partial charge in [0, 0.05) is 19.3 Å². The van der Waals surface area contributed by atoms with E-state index in [-0.39, 0.29) is 48.2 Å². The number of hydrogen-bond acceptors (Lipinski definition) is 12. The molecule has 55 heavy (non-hydrogen) atoms. The fourth-order valence-corrected chi connectivity index (χ4v) is 7.62. The molecular formula is C43H41N7O5. The third kappa shape index (κ3) is 7.09. The van der Waals surface area contributed by atoms with Crippen LogP contribution >= 0.6 is 0 Å². The maximum atomic E-state index is 9.39. The SMILES string of the molecule is COC(=N)c1cccc(C(=N)OC)n1.N[C@H]1c2ccccc2C[C@H]1O.c1cc(C2=N[C@H]3c4ccccc4C[C@H]3O2)nc(C2=N[C@H]3c4ccccc4C[C@H]3O2)c1. The van der Waals surface area contributed by atoms with Crippen LogP contribution in [-0.4, -0.2) is 71.2 Å². The lowest BCUT2D eigenvalue weighted by atomic mass is 10.1. The molecule has 10 rings (SSSR count). The standard InChI is InChI=1S/C25H19N3O2.C9H11N3O2.C9H11NO/c1-3-8-16-14(6-1)12-20-22(16)27-24(29-20)18-10-5-11-19(26-18)25-28-23-17-9-4-2-7-15(17)13-21(23)30-25;1-13-8(10)6-4-3-5-7(12-6)9(11)14-2;10-9-7-4-2-1-3-6(7)5-8(9)11/h1-11,20-23H,12-13H2;3-5,10-11H,1-2H3;1-4,8-9,11H,5,10H2/t20-,21-,22+,23+;;8-,9+/m1.1/s1. The van der Waals surface area contributed by atoms with E-state index in [0.717, 1.165) is 29.8 Å². The molecule has 5 aromatic rings. The Labute approximate surface area is 318 Å². The van der Waals surface area contributed by atoms with Gasteiger partial charge in [-0.1, -0.05) is 84.9 Å². The van der Waals surface area contributed by atoms with Crippen molar-refractivity contribution in [2.75, 3.05) is 14.2 Å². The van der Waals surface area contributed by atoms with Gasteiger partial charge in [0.05, 0.1) is 26.4 Å². The van der Waals surface area contributed by atoms with Gasteiger partial charge in [-0.05, 0) is 57.6 Å². The summed E-state index contributed by atoms with van der Waals surface area (Å²) in [6.45, 7) is 0. The summed E-state index contributed by atoms with van der Waals surface area (Å²) < 4.78 is 21.8. The molecule has 0 saturated heterocycles. The van der Waals surface area contributed by atoms with E-state index in [4.69, 9.17) is 50.5 Å². The summed E-state index contributed by atoms with van der Waals surface area (Å²) >= 11 is 0. The number of hydrogen-bond donors (Lipinski definition) is 4. The van der Waals surface area contributed by atoms with E-state index in [1.165, 1.54) is 42.0 Å². The highest BCUT2D eigenvalue weighted by atomic mass is 16.5. The van der Waals surface area contributed by atoms with Crippen molar-refractivity contribution < 1.29 is 24.1 Å². The van der Waals surface area contributed by atoms with Gasteiger partial charge in [-0.2, -0.15) is 0 Å². The summed E-state index contributed by atoms with van der Waals surface area (Å²) in [5.74, 6) is 1.17. The van der Waals surface area contributed by atoms with Gasteiger partial charge in [0.2, 0.25) is 23.6 Å². The molecule has 12 nitrogen and oxygen atoms in total. The van der Waals surface area contributed by atoms with Crippen LogP contribution < -0.4 is 5.73 Å². The number of fused-ring (bicyclic) bond motifs is 7. The van der Waals surface area contributed by atoms with E-state index >= 15 is 0 Å². The van der Waals surface area contributed by atoms with Gasteiger partial charge >= 0.3 is 0 Å². The Morgan fingerprint density at radius 1 is 0.600 bits per heavy atom. The maximum absolute atomic E-state index is 9.39. The fraction of sp³-hybridized carbons (Fsp3) is 0.256. The van der Waals surface area contributed by atoms with Gasteiger partial charge in [-0.15, -0.1) is 0 Å². The normalized spacial score (nSPS) is 23.0. The molecule has 12 heteroatoms. The molecule has 0 saturated carbocycles. The Bertz CT molecular complexity index is 2200. The van der Waals surface area contributed by atoms with Crippen molar-refractivity contribution in [3.63, 3.8) is 0 Å². The van der Waals surface area contributed by atoms with Crippen LogP contribution in [-0.2, 0) is 38.2 Å². The Balaban J connectivity index is 0.000000142. The summed E-state index contributed by atoms with van der Waals surface area (Å²) in [6, 6.07) is 35.6. The summed E-state index contributed by atoms with van der Waals surface area (Å²) in [5, 5.41) is 24.1. The number of aliphatic hydroxyl groups is 1. The lowest BCUT2D eigenvalue weighted by molar-refractivity contribution is 0.158. The zero-order chi connectivity index (χ0) is 38.1. The van der Waals surface area contributed by atoms with Crippen LogP contribution in [0.1, 0.15) is 74.3 Å². The number of nitrogens with zero attached hydrogens (tertiary/aromatic N) is 4. The van der Waals surface area contributed by atoms with E-state index in [1.807, 2.05) is 42.5 Å². The number of pyridine rings is 2. The van der Waals surface area contributed by atoms with Crippen LogP contribution in [0.15, 0.2) is 119 Å². The number of aliphatic hydroxyl groups excluding tert-OH is 1. The van der Waals surface area contributed by atoms with Crippen molar-refractivity contribution in [2.45, 2.75) is 55.7 Å². The molecule has 3 aliphatic carbocycles. The van der Waals surface area contributed by atoms with Crippen molar-refractivity contribution in [3.05, 3.63) is 165 Å². The number of nitrogens with one attached hydrogen (secondary N) is 2. The molecule has 5 aliphatic rings. The summed E-state index contributed by atoms with van der Waals surface area (Å²) in [4.78, 5) is 18.5. The highest BCUT2D eigenvalue weighted by Gasteiger charge is 2.41. The van der Waals surface area contributed by atoms with Crippen LogP contribution in [0, 0.1) is 10.8 Å². The highest BCUT2D eigenvalue weighted by molar-refractivity contribution is 5.98. The first kappa shape index (κ1) is 35.8. The Morgan fingerprint density at radius 2 is 1.04 bits per heavy atom. The van der Waals surface area contributed by atoms with Crippen molar-refractivity contribution in [3.8, 4) is 0 Å². The van der Waals surface area contributed by atoms with Crippen LogP contribution in [0.3, 0.4) is 0 Å². The molecule has 4 heterocycles. The molecule has 3 aromatic carbocycles. The number of ether oxygens (including phenoxy) is 4. The second-order valence-electron chi connectivity index (χ2n) is 13.8. The minimum absolute atomic E-state index is 0.0317. The van der Waals surface area contributed by atoms with E-state index in [1.54, 1.807) is 18.2 Å². The Hall–Kier alpha value is -6.24. The highest BCUT2D eigenvalue weighted by Crippen LogP contribution is 2.42. The molecule has 0 spiro atoms. The summed E-state index contributed by atoms with van der Waals surface area (Å²) in [6.07, 6.45) is 2.25. The number of nitrogens with two attached hydrogens (primary N) is 1. The number of rotatable bonds is 4. The predicted octanol–water partition coefficient (Wildman–Crippen LogP) is 5.60. The van der Waals surface area contributed by atoms with E-state index in [0.29, 0.717) is 29.6 Å². The van der Waals surface area contributed by atoms with Crippen molar-refractivity contribution in [2.24, 2.45) is 15.7 Å².